The van der Waals surface area contributed by atoms with Crippen LogP contribution < -0.4 is 10.2 Å². The van der Waals surface area contributed by atoms with Crippen LogP contribution in [0.4, 0.5) is 11.4 Å². The Kier molecular flexibility index (Phi) is 4.99. The Balaban J connectivity index is 1.48. The van der Waals surface area contributed by atoms with Crippen molar-refractivity contribution in [3.05, 3.63) is 102 Å². The molecule has 31 heavy (non-hydrogen) atoms. The van der Waals surface area contributed by atoms with Crippen molar-refractivity contribution >= 4 is 17.3 Å². The standard InChI is InChI=1S/C27H26N2O2/c1-2-29(20-7-4-3-5-8-20)27(31)19-13-16-25-24(17-19)22-9-6-10-23(22)26(28-25)18-11-14-21(30)15-12-18/h3-9,11-17,22-23,26,28,30H,2,10H2,1H3. The van der Waals surface area contributed by atoms with E-state index in [1.54, 1.807) is 12.1 Å². The van der Waals surface area contributed by atoms with Crippen LogP contribution in [0.15, 0.2) is 84.9 Å². The molecule has 0 bridgehead atoms. The molecule has 1 aliphatic carbocycles. The molecule has 1 aliphatic heterocycles. The fourth-order valence-corrected chi connectivity index (χ4v) is 4.95. The van der Waals surface area contributed by atoms with Crippen molar-refractivity contribution in [2.24, 2.45) is 5.92 Å². The number of carbonyl (C=O) groups is 1. The van der Waals surface area contributed by atoms with Gasteiger partial charge in [-0.2, -0.15) is 0 Å². The van der Waals surface area contributed by atoms with Gasteiger partial charge in [0.25, 0.3) is 5.91 Å². The number of nitrogens with zero attached hydrogens (tertiary/aromatic N) is 1. The molecule has 2 N–H and O–H groups in total. The van der Waals surface area contributed by atoms with E-state index in [9.17, 15) is 9.90 Å². The lowest BCUT2D eigenvalue weighted by Crippen LogP contribution is -2.32. The number of rotatable bonds is 4. The summed E-state index contributed by atoms with van der Waals surface area (Å²) in [5, 5.41) is 13.4. The quantitative estimate of drug-likeness (QED) is 0.528. The monoisotopic (exact) mass is 410 g/mol. The van der Waals surface area contributed by atoms with E-state index in [4.69, 9.17) is 0 Å². The third-order valence-corrected chi connectivity index (χ3v) is 6.49. The van der Waals surface area contributed by atoms with Crippen molar-refractivity contribution in [2.75, 3.05) is 16.8 Å². The van der Waals surface area contributed by atoms with Gasteiger partial charge in [-0.15, -0.1) is 0 Å². The lowest BCUT2D eigenvalue weighted by Gasteiger charge is -2.38. The highest BCUT2D eigenvalue weighted by molar-refractivity contribution is 6.06. The van der Waals surface area contributed by atoms with E-state index in [2.05, 4.69) is 23.5 Å². The number of hydrogen-bond donors (Lipinski definition) is 2. The molecule has 1 heterocycles. The van der Waals surface area contributed by atoms with Crippen molar-refractivity contribution < 1.29 is 9.90 Å². The van der Waals surface area contributed by atoms with Crippen LogP contribution in [0, 0.1) is 5.92 Å². The number of para-hydroxylation sites is 1. The third-order valence-electron chi connectivity index (χ3n) is 6.49. The summed E-state index contributed by atoms with van der Waals surface area (Å²) in [5.74, 6) is 0.965. The molecule has 3 atom stereocenters. The Labute approximate surface area is 182 Å². The minimum atomic E-state index is 0.0238. The van der Waals surface area contributed by atoms with Gasteiger partial charge < -0.3 is 15.3 Å². The molecule has 0 spiro atoms. The van der Waals surface area contributed by atoms with Crippen molar-refractivity contribution in [3.63, 3.8) is 0 Å². The minimum absolute atomic E-state index is 0.0238. The third kappa shape index (κ3) is 3.48. The van der Waals surface area contributed by atoms with Gasteiger partial charge >= 0.3 is 0 Å². The number of amides is 1. The molecule has 3 unspecified atom stereocenters. The number of nitrogens with one attached hydrogen (secondary N) is 1. The van der Waals surface area contributed by atoms with E-state index in [0.29, 0.717) is 18.0 Å². The second kappa shape index (κ2) is 7.95. The van der Waals surface area contributed by atoms with Gasteiger partial charge in [-0.05, 0) is 72.9 Å². The summed E-state index contributed by atoms with van der Waals surface area (Å²) in [7, 11) is 0. The second-order valence-electron chi connectivity index (χ2n) is 8.25. The summed E-state index contributed by atoms with van der Waals surface area (Å²) in [4.78, 5) is 15.2. The van der Waals surface area contributed by atoms with Gasteiger partial charge in [0.2, 0.25) is 0 Å². The van der Waals surface area contributed by atoms with Gasteiger partial charge in [-0.1, -0.05) is 42.5 Å². The van der Waals surface area contributed by atoms with Gasteiger partial charge in [-0.3, -0.25) is 4.79 Å². The van der Waals surface area contributed by atoms with Gasteiger partial charge in [-0.25, -0.2) is 0 Å². The van der Waals surface area contributed by atoms with Crippen LogP contribution in [0.3, 0.4) is 0 Å². The average Bonchev–Trinajstić information content (AvgIpc) is 3.30. The molecule has 156 valence electrons. The van der Waals surface area contributed by atoms with Crippen molar-refractivity contribution in [1.82, 2.24) is 0 Å². The summed E-state index contributed by atoms with van der Waals surface area (Å²) in [6, 6.07) is 23.5. The number of phenols is 1. The fraction of sp³-hybridized carbons (Fsp3) is 0.222. The molecular weight excluding hydrogens is 384 g/mol. The zero-order chi connectivity index (χ0) is 21.4. The van der Waals surface area contributed by atoms with Crippen molar-refractivity contribution in [1.29, 1.82) is 0 Å². The summed E-state index contributed by atoms with van der Waals surface area (Å²) in [6.45, 7) is 2.62. The maximum absolute atomic E-state index is 13.3. The maximum Gasteiger partial charge on any atom is 0.258 e. The number of allylic oxidation sites excluding steroid dienone is 2. The number of fused-ring (bicyclic) bond motifs is 3. The van der Waals surface area contributed by atoms with Gasteiger partial charge in [0.05, 0.1) is 6.04 Å². The molecule has 0 radical (unpaired) electrons. The highest BCUT2D eigenvalue weighted by atomic mass is 16.3. The number of anilines is 2. The van der Waals surface area contributed by atoms with E-state index < -0.39 is 0 Å². The van der Waals surface area contributed by atoms with Crippen molar-refractivity contribution in [3.8, 4) is 5.75 Å². The van der Waals surface area contributed by atoms with Crippen LogP contribution in [0.5, 0.6) is 5.75 Å². The molecule has 4 nitrogen and oxygen atoms in total. The van der Waals surface area contributed by atoms with Crippen LogP contribution in [0.2, 0.25) is 0 Å². The number of hydrogen-bond acceptors (Lipinski definition) is 3. The summed E-state index contributed by atoms with van der Waals surface area (Å²) in [6.07, 6.45) is 5.52. The first-order chi connectivity index (χ1) is 15.2. The molecule has 3 aromatic carbocycles. The smallest absolute Gasteiger partial charge is 0.258 e. The van der Waals surface area contributed by atoms with E-state index in [1.165, 1.54) is 11.1 Å². The zero-order valence-electron chi connectivity index (χ0n) is 17.5. The molecule has 0 saturated heterocycles. The molecule has 5 rings (SSSR count). The van der Waals surface area contributed by atoms with Crippen molar-refractivity contribution in [2.45, 2.75) is 25.3 Å². The van der Waals surface area contributed by atoms with Crippen LogP contribution in [-0.4, -0.2) is 17.6 Å². The Morgan fingerprint density at radius 2 is 1.84 bits per heavy atom. The first-order valence-electron chi connectivity index (χ1n) is 10.9. The summed E-state index contributed by atoms with van der Waals surface area (Å²) < 4.78 is 0. The molecule has 0 aromatic heterocycles. The number of carbonyl (C=O) groups excluding carboxylic acids is 1. The normalized spacial score (nSPS) is 21.1. The molecule has 0 saturated carbocycles. The van der Waals surface area contributed by atoms with Crippen LogP contribution in [0.1, 0.15) is 46.8 Å². The molecule has 1 amide bonds. The maximum atomic E-state index is 13.3. The molecular formula is C27H26N2O2. The summed E-state index contributed by atoms with van der Waals surface area (Å²) in [5.41, 5.74) is 5.06. The van der Waals surface area contributed by atoms with E-state index in [-0.39, 0.29) is 23.6 Å². The Morgan fingerprint density at radius 3 is 2.58 bits per heavy atom. The highest BCUT2D eigenvalue weighted by Crippen LogP contribution is 2.50. The van der Waals surface area contributed by atoms with Crippen LogP contribution in [-0.2, 0) is 0 Å². The summed E-state index contributed by atoms with van der Waals surface area (Å²) >= 11 is 0. The van der Waals surface area contributed by atoms with Crippen LogP contribution in [0.25, 0.3) is 0 Å². The Morgan fingerprint density at radius 1 is 1.06 bits per heavy atom. The predicted molar refractivity (Wildman–Crippen MR) is 125 cm³/mol. The lowest BCUT2D eigenvalue weighted by atomic mass is 9.76. The van der Waals surface area contributed by atoms with Crippen LogP contribution >= 0.6 is 0 Å². The average molecular weight is 411 g/mol. The molecule has 3 aromatic rings. The lowest BCUT2D eigenvalue weighted by molar-refractivity contribution is 0.0988. The Bertz CT molecular complexity index is 1120. The first kappa shape index (κ1) is 19.4. The number of aromatic hydroxyl groups is 1. The zero-order valence-corrected chi connectivity index (χ0v) is 17.5. The molecule has 4 heteroatoms. The first-order valence-corrected chi connectivity index (χ1v) is 10.9. The van der Waals surface area contributed by atoms with Gasteiger partial charge in [0, 0.05) is 29.4 Å². The highest BCUT2D eigenvalue weighted by Gasteiger charge is 2.38. The Hall–Kier alpha value is -3.53. The topological polar surface area (TPSA) is 52.6 Å². The van der Waals surface area contributed by atoms with E-state index >= 15 is 0 Å². The largest absolute Gasteiger partial charge is 0.508 e. The number of phenolic OH excluding ortho intramolecular Hbond substituents is 1. The molecule has 0 fully saturated rings. The van der Waals surface area contributed by atoms with E-state index in [1.807, 2.05) is 66.4 Å². The second-order valence-corrected chi connectivity index (χ2v) is 8.25. The predicted octanol–water partition coefficient (Wildman–Crippen LogP) is 5.89. The van der Waals surface area contributed by atoms with E-state index in [0.717, 1.165) is 17.8 Å². The fourth-order valence-electron chi connectivity index (χ4n) is 4.95. The molecule has 2 aliphatic rings. The van der Waals surface area contributed by atoms with Gasteiger partial charge in [0.15, 0.2) is 0 Å². The minimum Gasteiger partial charge on any atom is -0.508 e. The number of benzene rings is 3. The van der Waals surface area contributed by atoms with Gasteiger partial charge in [0.1, 0.15) is 5.75 Å². The SMILES string of the molecule is CCN(C(=O)c1ccc2c(c1)C1C=CCC1C(c1ccc(O)cc1)N2)c1ccccc1.